The molecule has 4 heterocycles. The average Bonchev–Trinajstić information content (AvgIpc) is 2.99. The van der Waals surface area contributed by atoms with Crippen molar-refractivity contribution in [2.45, 2.75) is 25.4 Å². The Kier molecular flexibility index (Phi) is 5.87. The van der Waals surface area contributed by atoms with Crippen LogP contribution >= 0.6 is 0 Å². The van der Waals surface area contributed by atoms with Crippen LogP contribution in [-0.2, 0) is 4.74 Å². The molecule has 1 atom stereocenters. The first-order valence-corrected chi connectivity index (χ1v) is 8.24. The summed E-state index contributed by atoms with van der Waals surface area (Å²) in [5.74, 6) is -0.616. The summed E-state index contributed by atoms with van der Waals surface area (Å²) in [4.78, 5) is 7.42. The molecule has 0 saturated carbocycles. The van der Waals surface area contributed by atoms with Gasteiger partial charge in [0, 0.05) is 36.2 Å². The molecule has 0 amide bonds. The van der Waals surface area contributed by atoms with E-state index in [0.717, 1.165) is 25.6 Å². The Morgan fingerprint density at radius 1 is 1.26 bits per heavy atom. The summed E-state index contributed by atoms with van der Waals surface area (Å²) in [6, 6.07) is 2.41. The molecule has 1 aliphatic heterocycles. The van der Waals surface area contributed by atoms with Gasteiger partial charge in [0.2, 0.25) is 5.95 Å². The Morgan fingerprint density at radius 2 is 2.07 bits per heavy atom. The van der Waals surface area contributed by atoms with Crippen LogP contribution in [0.15, 0.2) is 30.7 Å². The molecule has 1 aliphatic rings. The molecule has 1 fully saturated rings. The van der Waals surface area contributed by atoms with Crippen LogP contribution in [0.5, 0.6) is 0 Å². The van der Waals surface area contributed by atoms with E-state index in [2.05, 4.69) is 15.1 Å². The molecule has 0 bridgehead atoms. The third-order valence-corrected chi connectivity index (χ3v) is 3.93. The highest BCUT2D eigenvalue weighted by molar-refractivity contribution is 5.67. The van der Waals surface area contributed by atoms with Gasteiger partial charge < -0.3 is 15.6 Å². The molecule has 7 nitrogen and oxygen atoms in total. The number of ether oxygens (including phenoxy) is 1. The summed E-state index contributed by atoms with van der Waals surface area (Å²) in [5, 5.41) is 12.7. The minimum Gasteiger partial charge on any atom is -0.391 e. The Labute approximate surface area is 152 Å². The van der Waals surface area contributed by atoms with Crippen LogP contribution < -0.4 is 5.73 Å². The van der Waals surface area contributed by atoms with E-state index >= 15 is 0 Å². The van der Waals surface area contributed by atoms with Crippen LogP contribution in [0.2, 0.25) is 0 Å². The smallest absolute Gasteiger partial charge is 0.265 e. The zero-order valence-corrected chi connectivity index (χ0v) is 14.2. The van der Waals surface area contributed by atoms with Crippen LogP contribution in [0.25, 0.3) is 16.8 Å². The van der Waals surface area contributed by atoms with Crippen molar-refractivity contribution in [3.05, 3.63) is 42.1 Å². The van der Waals surface area contributed by atoms with E-state index in [-0.39, 0.29) is 28.8 Å². The molecule has 27 heavy (non-hydrogen) atoms. The minimum absolute atomic E-state index is 0.0488. The lowest BCUT2D eigenvalue weighted by molar-refractivity contribution is -0.00535. The van der Waals surface area contributed by atoms with Crippen molar-refractivity contribution in [1.29, 1.82) is 0 Å². The van der Waals surface area contributed by atoms with E-state index in [1.165, 1.54) is 29.0 Å². The first-order chi connectivity index (χ1) is 13.0. The van der Waals surface area contributed by atoms with E-state index in [9.17, 15) is 13.2 Å². The maximum Gasteiger partial charge on any atom is 0.265 e. The lowest BCUT2D eigenvalue weighted by atomic mass is 10.1. The zero-order valence-electron chi connectivity index (χ0n) is 14.2. The third kappa shape index (κ3) is 4.52. The SMILES string of the molecule is Nc1ncc2c(F)cc(-c3cncc(C(F)F)c3)n2n1.OC1CCCOC1. The van der Waals surface area contributed by atoms with Gasteiger partial charge in [0.1, 0.15) is 5.52 Å². The van der Waals surface area contributed by atoms with Gasteiger partial charge in [0.25, 0.3) is 6.43 Å². The first kappa shape index (κ1) is 19.1. The summed E-state index contributed by atoms with van der Waals surface area (Å²) in [6.07, 6.45) is 2.73. The zero-order chi connectivity index (χ0) is 19.4. The largest absolute Gasteiger partial charge is 0.391 e. The second-order valence-electron chi connectivity index (χ2n) is 5.97. The molecular formula is C17H18F3N5O2. The number of hydrogen-bond donors (Lipinski definition) is 2. The van der Waals surface area contributed by atoms with E-state index in [1.54, 1.807) is 0 Å². The number of alkyl halides is 2. The molecule has 0 radical (unpaired) electrons. The van der Waals surface area contributed by atoms with Gasteiger partial charge in [0.05, 0.1) is 24.6 Å². The van der Waals surface area contributed by atoms with Crippen LogP contribution in [0.3, 0.4) is 0 Å². The molecule has 0 spiro atoms. The highest BCUT2D eigenvalue weighted by atomic mass is 19.3. The number of nitrogens with zero attached hydrogens (tertiary/aromatic N) is 4. The van der Waals surface area contributed by atoms with Crippen molar-refractivity contribution in [2.24, 2.45) is 0 Å². The van der Waals surface area contributed by atoms with E-state index < -0.39 is 12.2 Å². The molecule has 3 aromatic heterocycles. The van der Waals surface area contributed by atoms with Crippen LogP contribution in [0.4, 0.5) is 19.1 Å². The number of pyridine rings is 1. The molecule has 3 N–H and O–H groups in total. The normalized spacial score (nSPS) is 17.0. The Bertz CT molecular complexity index is 913. The maximum atomic E-state index is 13.8. The summed E-state index contributed by atoms with van der Waals surface area (Å²) in [5.41, 5.74) is 5.91. The van der Waals surface area contributed by atoms with Crippen LogP contribution in [0, 0.1) is 5.82 Å². The topological polar surface area (TPSA) is 98.6 Å². The number of aliphatic hydroxyl groups excluding tert-OH is 1. The fourth-order valence-electron chi connectivity index (χ4n) is 2.61. The minimum atomic E-state index is -2.65. The fourth-order valence-corrected chi connectivity index (χ4v) is 2.61. The van der Waals surface area contributed by atoms with Crippen molar-refractivity contribution in [1.82, 2.24) is 19.6 Å². The number of hydrogen-bond acceptors (Lipinski definition) is 6. The standard InChI is InChI=1S/C12H8F3N5.C5H10O2/c13-8-2-9(20-10(8)5-18-12(16)19-20)6-1-7(11(14)15)4-17-3-6;6-5-2-1-3-7-4-5/h1-5,11H,(H2,16,19);5-6H,1-4H2. The van der Waals surface area contributed by atoms with Crippen LogP contribution in [0.1, 0.15) is 24.8 Å². The third-order valence-electron chi connectivity index (χ3n) is 3.93. The second kappa shape index (κ2) is 8.31. The number of aromatic nitrogens is 4. The molecule has 0 aliphatic carbocycles. The van der Waals surface area contributed by atoms with Gasteiger partial charge in [-0.1, -0.05) is 0 Å². The van der Waals surface area contributed by atoms with Crippen molar-refractivity contribution >= 4 is 11.5 Å². The van der Waals surface area contributed by atoms with Gasteiger partial charge in [-0.2, -0.15) is 0 Å². The summed E-state index contributed by atoms with van der Waals surface area (Å²) in [7, 11) is 0. The number of nitrogens with two attached hydrogens (primary N) is 1. The number of aliphatic hydroxyl groups is 1. The molecule has 1 saturated heterocycles. The van der Waals surface area contributed by atoms with Crippen molar-refractivity contribution in [3.63, 3.8) is 0 Å². The Morgan fingerprint density at radius 3 is 2.70 bits per heavy atom. The van der Waals surface area contributed by atoms with Crippen LogP contribution in [-0.4, -0.2) is 44.0 Å². The Balaban J connectivity index is 0.000000253. The lowest BCUT2D eigenvalue weighted by Crippen LogP contribution is -2.21. The van der Waals surface area contributed by atoms with Crippen molar-refractivity contribution in [2.75, 3.05) is 18.9 Å². The fraction of sp³-hybridized carbons (Fsp3) is 0.353. The number of halogens is 3. The summed E-state index contributed by atoms with van der Waals surface area (Å²) >= 11 is 0. The van der Waals surface area contributed by atoms with Gasteiger partial charge >= 0.3 is 0 Å². The molecule has 4 rings (SSSR count). The lowest BCUT2D eigenvalue weighted by Gasteiger charge is -2.15. The molecule has 10 heteroatoms. The number of nitrogen functional groups attached to an aromatic ring is 1. The molecule has 0 aromatic carbocycles. The number of rotatable bonds is 2. The molecular weight excluding hydrogens is 363 g/mol. The predicted octanol–water partition coefficient (Wildman–Crippen LogP) is 2.61. The predicted molar refractivity (Wildman–Crippen MR) is 91.6 cm³/mol. The van der Waals surface area contributed by atoms with E-state index in [1.807, 2.05) is 0 Å². The van der Waals surface area contributed by atoms with E-state index in [0.29, 0.717) is 12.2 Å². The number of fused-ring (bicyclic) bond motifs is 1. The highest BCUT2D eigenvalue weighted by Crippen LogP contribution is 2.27. The van der Waals surface area contributed by atoms with Gasteiger partial charge in [0.15, 0.2) is 5.82 Å². The van der Waals surface area contributed by atoms with Crippen molar-refractivity contribution in [3.8, 4) is 11.3 Å². The van der Waals surface area contributed by atoms with Gasteiger partial charge in [-0.15, -0.1) is 5.10 Å². The molecule has 1 unspecified atom stereocenters. The summed E-state index contributed by atoms with van der Waals surface area (Å²) in [6.45, 7) is 1.37. The molecule has 3 aromatic rings. The van der Waals surface area contributed by atoms with Gasteiger partial charge in [-0.3, -0.25) is 4.98 Å². The molecule has 144 valence electrons. The second-order valence-corrected chi connectivity index (χ2v) is 5.97. The monoisotopic (exact) mass is 381 g/mol. The average molecular weight is 381 g/mol. The number of anilines is 1. The quantitative estimate of drug-likeness (QED) is 0.708. The maximum absolute atomic E-state index is 13.8. The van der Waals surface area contributed by atoms with Gasteiger partial charge in [-0.25, -0.2) is 22.7 Å². The van der Waals surface area contributed by atoms with E-state index in [4.69, 9.17) is 15.6 Å². The first-order valence-electron chi connectivity index (χ1n) is 8.24. The highest BCUT2D eigenvalue weighted by Gasteiger charge is 2.15. The Hall–Kier alpha value is -2.72. The van der Waals surface area contributed by atoms with Crippen molar-refractivity contribution < 1.29 is 23.0 Å². The van der Waals surface area contributed by atoms with Gasteiger partial charge in [-0.05, 0) is 18.9 Å². The summed E-state index contributed by atoms with van der Waals surface area (Å²) < 4.78 is 45.3.